The van der Waals surface area contributed by atoms with Crippen molar-refractivity contribution in [2.75, 3.05) is 7.11 Å². The lowest BCUT2D eigenvalue weighted by Crippen LogP contribution is -2.45. The quantitative estimate of drug-likeness (QED) is 0.488. The zero-order valence-corrected chi connectivity index (χ0v) is 18.8. The molecule has 0 bridgehead atoms. The van der Waals surface area contributed by atoms with Gasteiger partial charge >= 0.3 is 18.0 Å². The van der Waals surface area contributed by atoms with Gasteiger partial charge in [0.05, 0.1) is 13.5 Å². The van der Waals surface area contributed by atoms with Gasteiger partial charge in [0.15, 0.2) is 0 Å². The van der Waals surface area contributed by atoms with E-state index < -0.39 is 29.7 Å². The highest BCUT2D eigenvalue weighted by molar-refractivity contribution is 5.86. The molecule has 31 heavy (non-hydrogen) atoms. The molecule has 2 rings (SSSR count). The molecule has 8 heteroatoms. The average molecular weight is 436 g/mol. The number of hydrogen-bond donors (Lipinski definition) is 1. The van der Waals surface area contributed by atoms with Crippen LogP contribution in [-0.2, 0) is 30.4 Å². The van der Waals surface area contributed by atoms with Crippen LogP contribution < -0.4 is 10.1 Å². The van der Waals surface area contributed by atoms with Gasteiger partial charge in [-0.25, -0.2) is 9.59 Å². The van der Waals surface area contributed by atoms with Crippen LogP contribution in [-0.4, -0.2) is 42.9 Å². The van der Waals surface area contributed by atoms with E-state index in [4.69, 9.17) is 18.9 Å². The monoisotopic (exact) mass is 435 g/mol. The highest BCUT2D eigenvalue weighted by Crippen LogP contribution is 2.21. The number of esters is 2. The fourth-order valence-electron chi connectivity index (χ4n) is 3.20. The van der Waals surface area contributed by atoms with Crippen molar-refractivity contribution in [2.24, 2.45) is 0 Å². The van der Waals surface area contributed by atoms with E-state index in [1.54, 1.807) is 52.1 Å². The number of hydrogen-bond acceptors (Lipinski definition) is 7. The molecule has 0 saturated heterocycles. The molecule has 1 amide bonds. The Morgan fingerprint density at radius 1 is 1.06 bits per heavy atom. The molecule has 172 valence electrons. The van der Waals surface area contributed by atoms with E-state index in [-0.39, 0.29) is 19.1 Å². The fraction of sp³-hybridized carbons (Fsp3) is 0.609. The number of alkyl carbamates (subject to hydrolysis) is 1. The molecule has 0 aliphatic heterocycles. The van der Waals surface area contributed by atoms with Gasteiger partial charge in [-0.1, -0.05) is 18.6 Å². The van der Waals surface area contributed by atoms with Gasteiger partial charge in [0.1, 0.15) is 30.1 Å². The van der Waals surface area contributed by atoms with Crippen LogP contribution in [0, 0.1) is 0 Å². The summed E-state index contributed by atoms with van der Waals surface area (Å²) in [6, 6.07) is 5.83. The predicted molar refractivity (Wildman–Crippen MR) is 114 cm³/mol. The molecule has 0 radical (unpaired) electrons. The van der Waals surface area contributed by atoms with E-state index in [1.807, 2.05) is 0 Å². The Hall–Kier alpha value is -2.77. The molecule has 1 aromatic carbocycles. The van der Waals surface area contributed by atoms with Gasteiger partial charge < -0.3 is 24.3 Å². The second-order valence-electron chi connectivity index (χ2n) is 8.61. The summed E-state index contributed by atoms with van der Waals surface area (Å²) in [5.74, 6) is -0.596. The molecule has 0 aromatic heterocycles. The third-order valence-corrected chi connectivity index (χ3v) is 4.74. The molecule has 0 spiro atoms. The maximum atomic E-state index is 12.6. The predicted octanol–water partition coefficient (Wildman–Crippen LogP) is 3.90. The number of amides is 1. The number of nitrogens with one attached hydrogen (secondary N) is 1. The van der Waals surface area contributed by atoms with Crippen molar-refractivity contribution in [3.05, 3.63) is 29.8 Å². The van der Waals surface area contributed by atoms with Gasteiger partial charge in [0.25, 0.3) is 0 Å². The fourth-order valence-corrected chi connectivity index (χ4v) is 3.20. The SMILES string of the molecule is COc1ccc(COC(=O)[C@@H](CC(=O)OC2CCCCC2)NC(=O)OC(C)(C)C)cc1. The second-order valence-corrected chi connectivity index (χ2v) is 8.61. The smallest absolute Gasteiger partial charge is 0.408 e. The van der Waals surface area contributed by atoms with Gasteiger partial charge in [-0.05, 0) is 64.2 Å². The van der Waals surface area contributed by atoms with Gasteiger partial charge in [-0.15, -0.1) is 0 Å². The molecule has 1 aliphatic rings. The van der Waals surface area contributed by atoms with Crippen LogP contribution in [0.2, 0.25) is 0 Å². The van der Waals surface area contributed by atoms with Gasteiger partial charge in [0.2, 0.25) is 0 Å². The Labute approximate surface area is 183 Å². The first-order valence-corrected chi connectivity index (χ1v) is 10.6. The molecule has 8 nitrogen and oxygen atoms in total. The molecule has 1 N–H and O–H groups in total. The topological polar surface area (TPSA) is 100 Å². The minimum atomic E-state index is -1.20. The van der Waals surface area contributed by atoms with E-state index >= 15 is 0 Å². The summed E-state index contributed by atoms with van der Waals surface area (Å²) in [7, 11) is 1.56. The summed E-state index contributed by atoms with van der Waals surface area (Å²) in [6.07, 6.45) is 3.53. The van der Waals surface area contributed by atoms with E-state index in [0.717, 1.165) is 37.7 Å². The summed E-state index contributed by atoms with van der Waals surface area (Å²) >= 11 is 0. The summed E-state index contributed by atoms with van der Waals surface area (Å²) in [5.41, 5.74) is -0.000470. The van der Waals surface area contributed by atoms with Crippen molar-refractivity contribution in [3.8, 4) is 5.75 Å². The molecule has 1 fully saturated rings. The maximum absolute atomic E-state index is 12.6. The maximum Gasteiger partial charge on any atom is 0.408 e. The van der Waals surface area contributed by atoms with Crippen molar-refractivity contribution >= 4 is 18.0 Å². The highest BCUT2D eigenvalue weighted by atomic mass is 16.6. The van der Waals surface area contributed by atoms with Crippen LogP contribution in [0.5, 0.6) is 5.75 Å². The van der Waals surface area contributed by atoms with Crippen LogP contribution in [0.25, 0.3) is 0 Å². The lowest BCUT2D eigenvalue weighted by atomic mass is 9.98. The lowest BCUT2D eigenvalue weighted by Gasteiger charge is -2.24. The first-order valence-electron chi connectivity index (χ1n) is 10.6. The minimum absolute atomic E-state index is 0.00695. The highest BCUT2D eigenvalue weighted by Gasteiger charge is 2.30. The lowest BCUT2D eigenvalue weighted by molar-refractivity contribution is -0.157. The van der Waals surface area contributed by atoms with Gasteiger partial charge in [-0.2, -0.15) is 0 Å². The molecule has 1 saturated carbocycles. The van der Waals surface area contributed by atoms with Crippen molar-refractivity contribution in [3.63, 3.8) is 0 Å². The zero-order chi connectivity index (χ0) is 22.9. The Morgan fingerprint density at radius 3 is 2.29 bits per heavy atom. The number of ether oxygens (including phenoxy) is 4. The Balaban J connectivity index is 1.97. The summed E-state index contributed by atoms with van der Waals surface area (Å²) in [5, 5.41) is 2.44. The van der Waals surface area contributed by atoms with Crippen molar-refractivity contribution in [2.45, 2.75) is 83.6 Å². The first kappa shape index (κ1) is 24.5. The van der Waals surface area contributed by atoms with Crippen LogP contribution in [0.4, 0.5) is 4.79 Å². The van der Waals surface area contributed by atoms with Crippen LogP contribution in [0.15, 0.2) is 24.3 Å². The number of rotatable bonds is 8. The molecular formula is C23H33NO7. The molecule has 0 heterocycles. The minimum Gasteiger partial charge on any atom is -0.497 e. The number of carbonyl (C=O) groups excluding carboxylic acids is 3. The molecular weight excluding hydrogens is 402 g/mol. The second kappa shape index (κ2) is 11.6. The standard InChI is InChI=1S/C23H33NO7/c1-23(2,3)31-22(27)24-19(14-20(25)30-18-8-6-5-7-9-18)21(26)29-15-16-10-12-17(28-4)13-11-16/h10-13,18-19H,5-9,14-15H2,1-4H3,(H,24,27)/t19-/m1/s1. The summed E-state index contributed by atoms with van der Waals surface area (Å²) < 4.78 is 21.1. The van der Waals surface area contributed by atoms with Gasteiger partial charge in [0, 0.05) is 0 Å². The Morgan fingerprint density at radius 2 is 1.71 bits per heavy atom. The van der Waals surface area contributed by atoms with E-state index in [1.165, 1.54) is 0 Å². The summed E-state index contributed by atoms with van der Waals surface area (Å²) in [4.78, 5) is 37.2. The molecule has 0 unspecified atom stereocenters. The number of methoxy groups -OCH3 is 1. The molecule has 1 aliphatic carbocycles. The third-order valence-electron chi connectivity index (χ3n) is 4.74. The van der Waals surface area contributed by atoms with Crippen molar-refractivity contribution in [1.82, 2.24) is 5.32 Å². The summed E-state index contributed by atoms with van der Waals surface area (Å²) in [6.45, 7) is 5.12. The normalized spacial score (nSPS) is 15.5. The number of benzene rings is 1. The molecule has 1 atom stereocenters. The largest absolute Gasteiger partial charge is 0.497 e. The zero-order valence-electron chi connectivity index (χ0n) is 18.8. The van der Waals surface area contributed by atoms with E-state index in [9.17, 15) is 14.4 Å². The average Bonchev–Trinajstić information content (AvgIpc) is 2.71. The van der Waals surface area contributed by atoms with Crippen LogP contribution >= 0.6 is 0 Å². The number of carbonyl (C=O) groups is 3. The van der Waals surface area contributed by atoms with Crippen LogP contribution in [0.3, 0.4) is 0 Å². The van der Waals surface area contributed by atoms with E-state index in [2.05, 4.69) is 5.32 Å². The Bertz CT molecular complexity index is 733. The Kier molecular flexibility index (Phi) is 9.15. The van der Waals surface area contributed by atoms with Gasteiger partial charge in [-0.3, -0.25) is 4.79 Å². The van der Waals surface area contributed by atoms with Crippen LogP contribution in [0.1, 0.15) is 64.9 Å². The van der Waals surface area contributed by atoms with E-state index in [0.29, 0.717) is 5.75 Å². The third kappa shape index (κ3) is 9.27. The van der Waals surface area contributed by atoms with Crippen molar-refractivity contribution in [1.29, 1.82) is 0 Å². The molecule has 1 aromatic rings. The first-order chi connectivity index (χ1) is 14.7. The van der Waals surface area contributed by atoms with Crippen molar-refractivity contribution < 1.29 is 33.3 Å².